The summed E-state index contributed by atoms with van der Waals surface area (Å²) < 4.78 is 11.3. The van der Waals surface area contributed by atoms with Gasteiger partial charge in [0.05, 0.1) is 38.1 Å². The molecule has 1 saturated heterocycles. The number of carbonyl (C=O) groups is 2. The van der Waals surface area contributed by atoms with E-state index in [0.717, 1.165) is 18.5 Å². The minimum Gasteiger partial charge on any atom is -0.477 e. The van der Waals surface area contributed by atoms with E-state index in [-0.39, 0.29) is 18.4 Å². The van der Waals surface area contributed by atoms with Crippen molar-refractivity contribution in [2.45, 2.75) is 37.3 Å². The van der Waals surface area contributed by atoms with E-state index < -0.39 is 11.6 Å². The third-order valence-electron chi connectivity index (χ3n) is 5.84. The Morgan fingerprint density at radius 1 is 1.21 bits per heavy atom. The third kappa shape index (κ3) is 4.15. The first kappa shape index (κ1) is 19.5. The van der Waals surface area contributed by atoms with E-state index in [2.05, 4.69) is 11.4 Å². The molecule has 1 saturated carbocycles. The number of nitrogens with one attached hydrogen (secondary N) is 1. The van der Waals surface area contributed by atoms with E-state index in [0.29, 0.717) is 51.4 Å². The third-order valence-corrected chi connectivity index (χ3v) is 5.84. The molecule has 3 aliphatic rings. The molecule has 2 aliphatic heterocycles. The lowest BCUT2D eigenvalue weighted by molar-refractivity contribution is -0.142. The number of para-hydroxylation sites is 2. The van der Waals surface area contributed by atoms with Gasteiger partial charge in [-0.15, -0.1) is 0 Å². The Labute approximate surface area is 170 Å². The summed E-state index contributed by atoms with van der Waals surface area (Å²) in [5.41, 5.74) is 0.0254. The van der Waals surface area contributed by atoms with Gasteiger partial charge in [0.15, 0.2) is 6.10 Å². The van der Waals surface area contributed by atoms with Crippen molar-refractivity contribution in [3.05, 3.63) is 24.3 Å². The van der Waals surface area contributed by atoms with Crippen LogP contribution in [0, 0.1) is 11.3 Å². The number of carbonyl (C=O) groups excluding carboxylic acids is 2. The second-order valence-corrected chi connectivity index (χ2v) is 7.84. The van der Waals surface area contributed by atoms with Gasteiger partial charge in [0.25, 0.3) is 5.91 Å². The van der Waals surface area contributed by atoms with E-state index in [1.807, 2.05) is 29.2 Å². The van der Waals surface area contributed by atoms with Gasteiger partial charge in [-0.2, -0.15) is 5.26 Å². The van der Waals surface area contributed by atoms with Crippen LogP contribution in [0.5, 0.6) is 5.75 Å². The molecule has 1 aliphatic carbocycles. The number of nitriles is 1. The van der Waals surface area contributed by atoms with Crippen molar-refractivity contribution in [3.8, 4) is 11.8 Å². The largest absolute Gasteiger partial charge is 0.477 e. The van der Waals surface area contributed by atoms with Crippen molar-refractivity contribution in [1.29, 1.82) is 5.26 Å². The number of anilines is 1. The highest BCUT2D eigenvalue weighted by Gasteiger charge is 2.38. The van der Waals surface area contributed by atoms with Crippen molar-refractivity contribution < 1.29 is 19.1 Å². The first-order chi connectivity index (χ1) is 14.1. The molecule has 0 bridgehead atoms. The Hall–Kier alpha value is -2.79. The fraction of sp³-hybridized carbons (Fsp3) is 0.571. The van der Waals surface area contributed by atoms with Gasteiger partial charge < -0.3 is 24.6 Å². The molecule has 1 N–H and O–H groups in total. The van der Waals surface area contributed by atoms with Gasteiger partial charge >= 0.3 is 0 Å². The maximum absolute atomic E-state index is 12.9. The summed E-state index contributed by atoms with van der Waals surface area (Å²) in [5, 5.41) is 12.5. The molecule has 8 heteroatoms. The van der Waals surface area contributed by atoms with Crippen LogP contribution in [0.25, 0.3) is 0 Å². The summed E-state index contributed by atoms with van der Waals surface area (Å²) in [7, 11) is 0. The highest BCUT2D eigenvalue weighted by molar-refractivity contribution is 5.86. The monoisotopic (exact) mass is 398 g/mol. The van der Waals surface area contributed by atoms with Crippen molar-refractivity contribution >= 4 is 17.5 Å². The number of rotatable bonds is 4. The summed E-state index contributed by atoms with van der Waals surface area (Å²) in [6.07, 6.45) is 2.60. The number of fused-ring (bicyclic) bond motifs is 1. The van der Waals surface area contributed by atoms with Gasteiger partial charge in [-0.25, -0.2) is 0 Å². The number of ether oxygens (including phenoxy) is 2. The first-order valence-corrected chi connectivity index (χ1v) is 10.2. The van der Waals surface area contributed by atoms with Crippen molar-refractivity contribution in [2.24, 2.45) is 0 Å². The zero-order valence-corrected chi connectivity index (χ0v) is 16.4. The van der Waals surface area contributed by atoms with Gasteiger partial charge in [-0.3, -0.25) is 9.59 Å². The predicted molar refractivity (Wildman–Crippen MR) is 105 cm³/mol. The first-order valence-electron chi connectivity index (χ1n) is 10.2. The number of nitrogens with zero attached hydrogens (tertiary/aromatic N) is 3. The lowest BCUT2D eigenvalue weighted by atomic mass is 10.00. The molecule has 0 radical (unpaired) electrons. The second-order valence-electron chi connectivity index (χ2n) is 7.84. The average molecular weight is 398 g/mol. The Kier molecular flexibility index (Phi) is 5.58. The molecule has 8 nitrogen and oxygen atoms in total. The standard InChI is InChI=1S/C21H26N4O4/c22-15-21(7-3-4-8-21)23-19(26)14-25-13-18(20(27)24-9-11-28-12-10-24)29-17-6-2-1-5-16(17)25/h1-2,5-6,18H,3-4,7-14H2,(H,23,26)/t18-/m1/s1. The Bertz CT molecular complexity index is 809. The van der Waals surface area contributed by atoms with Crippen LogP contribution in [0.15, 0.2) is 24.3 Å². The molecule has 154 valence electrons. The number of hydrogen-bond donors (Lipinski definition) is 1. The summed E-state index contributed by atoms with van der Waals surface area (Å²) >= 11 is 0. The van der Waals surface area contributed by atoms with Crippen LogP contribution in [0.1, 0.15) is 25.7 Å². The normalized spacial score (nSPS) is 22.9. The molecule has 2 heterocycles. The fourth-order valence-electron chi connectivity index (χ4n) is 4.30. The topological polar surface area (TPSA) is 94.9 Å². The number of amides is 2. The fourth-order valence-corrected chi connectivity index (χ4v) is 4.30. The van der Waals surface area contributed by atoms with E-state index >= 15 is 0 Å². The highest BCUT2D eigenvalue weighted by atomic mass is 16.5. The summed E-state index contributed by atoms with van der Waals surface area (Å²) in [4.78, 5) is 29.3. The molecule has 2 fully saturated rings. The van der Waals surface area contributed by atoms with E-state index in [1.54, 1.807) is 4.90 Å². The summed E-state index contributed by atoms with van der Waals surface area (Å²) in [5.74, 6) is 0.300. The zero-order chi connectivity index (χ0) is 20.3. The maximum atomic E-state index is 12.9. The molecule has 1 aromatic carbocycles. The molecule has 1 atom stereocenters. The van der Waals surface area contributed by atoms with Crippen LogP contribution in [0.3, 0.4) is 0 Å². The maximum Gasteiger partial charge on any atom is 0.265 e. The molecule has 2 amide bonds. The minimum absolute atomic E-state index is 0.0801. The minimum atomic E-state index is -0.758. The molecule has 0 aromatic heterocycles. The van der Waals surface area contributed by atoms with Crippen LogP contribution in [0.2, 0.25) is 0 Å². The molecule has 1 aromatic rings. The smallest absolute Gasteiger partial charge is 0.265 e. The van der Waals surface area contributed by atoms with Gasteiger partial charge in [0.1, 0.15) is 11.3 Å². The summed E-state index contributed by atoms with van der Waals surface area (Å²) in [6.45, 7) is 2.52. The average Bonchev–Trinajstić information content (AvgIpc) is 3.22. The van der Waals surface area contributed by atoms with Crippen LogP contribution >= 0.6 is 0 Å². The lowest BCUT2D eigenvalue weighted by Crippen LogP contribution is -2.55. The van der Waals surface area contributed by atoms with Crippen molar-refractivity contribution in [3.63, 3.8) is 0 Å². The molecular formula is C21H26N4O4. The van der Waals surface area contributed by atoms with E-state index in [4.69, 9.17) is 9.47 Å². The van der Waals surface area contributed by atoms with E-state index in [9.17, 15) is 14.9 Å². The SMILES string of the molecule is N#CC1(NC(=O)CN2C[C@H](C(=O)N3CCOCC3)Oc3ccccc32)CCCC1. The van der Waals surface area contributed by atoms with Gasteiger partial charge in [-0.05, 0) is 37.8 Å². The summed E-state index contributed by atoms with van der Waals surface area (Å²) in [6, 6.07) is 9.71. The molecule has 0 unspecified atom stereocenters. The Morgan fingerprint density at radius 2 is 1.93 bits per heavy atom. The van der Waals surface area contributed by atoms with Gasteiger partial charge in [0, 0.05) is 13.1 Å². The van der Waals surface area contributed by atoms with Crippen LogP contribution in [-0.4, -0.2) is 67.7 Å². The number of morpholine rings is 1. The molecule has 29 heavy (non-hydrogen) atoms. The predicted octanol–water partition coefficient (Wildman–Crippen LogP) is 1.07. The van der Waals surface area contributed by atoms with Crippen LogP contribution in [-0.2, 0) is 14.3 Å². The van der Waals surface area contributed by atoms with Gasteiger partial charge in [0.2, 0.25) is 5.91 Å². The molecule has 0 spiro atoms. The number of hydrogen-bond acceptors (Lipinski definition) is 6. The number of benzene rings is 1. The van der Waals surface area contributed by atoms with Crippen molar-refractivity contribution in [2.75, 3.05) is 44.3 Å². The highest BCUT2D eigenvalue weighted by Crippen LogP contribution is 2.34. The van der Waals surface area contributed by atoms with Gasteiger partial charge in [-0.1, -0.05) is 12.1 Å². The Morgan fingerprint density at radius 3 is 2.66 bits per heavy atom. The second kappa shape index (κ2) is 8.29. The molecular weight excluding hydrogens is 372 g/mol. The lowest BCUT2D eigenvalue weighted by Gasteiger charge is -2.38. The van der Waals surface area contributed by atoms with Crippen LogP contribution in [0.4, 0.5) is 5.69 Å². The molecule has 4 rings (SSSR count). The Balaban J connectivity index is 1.48. The van der Waals surface area contributed by atoms with Crippen LogP contribution < -0.4 is 15.0 Å². The zero-order valence-electron chi connectivity index (χ0n) is 16.4. The van der Waals surface area contributed by atoms with E-state index in [1.165, 1.54) is 0 Å². The quantitative estimate of drug-likeness (QED) is 0.815. The van der Waals surface area contributed by atoms with Crippen molar-refractivity contribution in [1.82, 2.24) is 10.2 Å².